The van der Waals surface area contributed by atoms with Gasteiger partial charge in [-0.1, -0.05) is 30.3 Å². The van der Waals surface area contributed by atoms with Crippen LogP contribution >= 0.6 is 15.9 Å². The van der Waals surface area contributed by atoms with Gasteiger partial charge in [0, 0.05) is 31.2 Å². The fraction of sp³-hybridized carbons (Fsp3) is 0.381. The van der Waals surface area contributed by atoms with Crippen LogP contribution in [0.5, 0.6) is 5.75 Å². The highest BCUT2D eigenvalue weighted by atomic mass is 79.9. The van der Waals surface area contributed by atoms with Gasteiger partial charge < -0.3 is 14.8 Å². The number of hydrogen-bond acceptors (Lipinski definition) is 5. The van der Waals surface area contributed by atoms with Gasteiger partial charge in [0.2, 0.25) is 0 Å². The van der Waals surface area contributed by atoms with Crippen LogP contribution in [0.1, 0.15) is 22.0 Å². The number of nitrogens with one attached hydrogen (secondary N) is 1. The summed E-state index contributed by atoms with van der Waals surface area (Å²) in [6.07, 6.45) is 0. The largest absolute Gasteiger partial charge is 0.496 e. The van der Waals surface area contributed by atoms with Crippen molar-refractivity contribution in [1.82, 2.24) is 10.2 Å². The molecule has 0 amide bonds. The van der Waals surface area contributed by atoms with Crippen LogP contribution in [0, 0.1) is 0 Å². The van der Waals surface area contributed by atoms with Gasteiger partial charge in [-0.3, -0.25) is 9.69 Å². The van der Waals surface area contributed by atoms with Crippen LogP contribution in [-0.4, -0.2) is 57.2 Å². The standard InChI is InChI=1S/C21H25BrN2O3/c1-26-21-8-7-17(13-18(21)22)20(25)15-23-14-19(16-5-3-2-4-6-16)24-9-11-27-12-10-24/h2-8,13,19,23H,9-12,14-15H2,1H3. The molecule has 0 bridgehead atoms. The number of morpholine rings is 1. The van der Waals surface area contributed by atoms with Gasteiger partial charge in [0.05, 0.1) is 31.3 Å². The molecular weight excluding hydrogens is 408 g/mol. The Morgan fingerprint density at radius 1 is 1.22 bits per heavy atom. The number of ether oxygens (including phenoxy) is 2. The molecule has 1 atom stereocenters. The van der Waals surface area contributed by atoms with Crippen LogP contribution in [0.2, 0.25) is 0 Å². The SMILES string of the molecule is COc1ccc(C(=O)CNCC(c2ccccc2)N2CCOCC2)cc1Br. The zero-order valence-corrected chi connectivity index (χ0v) is 17.1. The number of hydrogen-bond donors (Lipinski definition) is 1. The predicted molar refractivity (Wildman–Crippen MR) is 109 cm³/mol. The van der Waals surface area contributed by atoms with Gasteiger partial charge in [0.25, 0.3) is 0 Å². The number of methoxy groups -OCH3 is 1. The summed E-state index contributed by atoms with van der Waals surface area (Å²) in [5.74, 6) is 0.781. The van der Waals surface area contributed by atoms with Crippen LogP contribution in [0.3, 0.4) is 0 Å². The van der Waals surface area contributed by atoms with Crippen LogP contribution in [0.25, 0.3) is 0 Å². The maximum absolute atomic E-state index is 12.5. The topological polar surface area (TPSA) is 50.8 Å². The molecule has 27 heavy (non-hydrogen) atoms. The Bertz CT molecular complexity index is 748. The minimum absolute atomic E-state index is 0.0622. The third-order valence-corrected chi connectivity index (χ3v) is 5.39. The first-order valence-corrected chi connectivity index (χ1v) is 9.92. The molecule has 0 spiro atoms. The van der Waals surface area contributed by atoms with E-state index in [4.69, 9.17) is 9.47 Å². The molecule has 1 fully saturated rings. The second kappa shape index (κ2) is 9.99. The molecule has 1 aliphatic rings. The number of rotatable bonds is 8. The molecule has 2 aromatic rings. The molecule has 0 radical (unpaired) electrons. The quantitative estimate of drug-likeness (QED) is 0.648. The van der Waals surface area contributed by atoms with Crippen molar-refractivity contribution in [2.45, 2.75) is 6.04 Å². The fourth-order valence-corrected chi connectivity index (χ4v) is 3.83. The Balaban J connectivity index is 1.61. The Morgan fingerprint density at radius 2 is 1.96 bits per heavy atom. The van der Waals surface area contributed by atoms with Crippen molar-refractivity contribution < 1.29 is 14.3 Å². The van der Waals surface area contributed by atoms with E-state index in [0.29, 0.717) is 18.7 Å². The van der Waals surface area contributed by atoms with Crippen molar-refractivity contribution in [3.63, 3.8) is 0 Å². The first-order chi connectivity index (χ1) is 13.2. The van der Waals surface area contributed by atoms with Crippen molar-refractivity contribution in [3.8, 4) is 5.75 Å². The molecule has 1 N–H and O–H groups in total. The summed E-state index contributed by atoms with van der Waals surface area (Å²) >= 11 is 3.43. The minimum Gasteiger partial charge on any atom is -0.496 e. The summed E-state index contributed by atoms with van der Waals surface area (Å²) < 4.78 is 11.5. The summed E-state index contributed by atoms with van der Waals surface area (Å²) in [6.45, 7) is 4.32. The molecule has 1 saturated heterocycles. The molecule has 1 unspecified atom stereocenters. The molecule has 1 aliphatic heterocycles. The smallest absolute Gasteiger partial charge is 0.176 e. The summed E-state index contributed by atoms with van der Waals surface area (Å²) in [5.41, 5.74) is 1.92. The summed E-state index contributed by atoms with van der Waals surface area (Å²) in [4.78, 5) is 14.9. The first-order valence-electron chi connectivity index (χ1n) is 9.13. The van der Waals surface area contributed by atoms with Crippen molar-refractivity contribution in [1.29, 1.82) is 0 Å². The highest BCUT2D eigenvalue weighted by molar-refractivity contribution is 9.10. The predicted octanol–water partition coefficient (Wildman–Crippen LogP) is 3.30. The fourth-order valence-electron chi connectivity index (χ4n) is 3.29. The van der Waals surface area contributed by atoms with Gasteiger partial charge in [-0.2, -0.15) is 0 Å². The lowest BCUT2D eigenvalue weighted by Gasteiger charge is -2.35. The van der Waals surface area contributed by atoms with Crippen LogP contribution in [-0.2, 0) is 4.74 Å². The highest BCUT2D eigenvalue weighted by Gasteiger charge is 2.22. The van der Waals surface area contributed by atoms with Crippen molar-refractivity contribution in [2.75, 3.05) is 46.5 Å². The Morgan fingerprint density at radius 3 is 2.63 bits per heavy atom. The lowest BCUT2D eigenvalue weighted by molar-refractivity contribution is 0.0162. The number of carbonyl (C=O) groups excluding carboxylic acids is 1. The molecule has 0 aliphatic carbocycles. The molecule has 6 heteroatoms. The number of halogens is 1. The molecular formula is C21H25BrN2O3. The zero-order chi connectivity index (χ0) is 19.1. The maximum atomic E-state index is 12.5. The van der Waals surface area contributed by atoms with E-state index in [1.807, 2.05) is 6.07 Å². The number of carbonyl (C=O) groups is 1. The van der Waals surface area contributed by atoms with E-state index in [-0.39, 0.29) is 11.8 Å². The molecule has 1 heterocycles. The lowest BCUT2D eigenvalue weighted by atomic mass is 10.0. The third kappa shape index (κ3) is 5.39. The Hall–Kier alpha value is -1.73. The summed E-state index contributed by atoms with van der Waals surface area (Å²) in [5, 5.41) is 3.35. The molecule has 2 aromatic carbocycles. The van der Waals surface area contributed by atoms with Gasteiger partial charge in [-0.15, -0.1) is 0 Å². The van der Waals surface area contributed by atoms with Crippen molar-refractivity contribution in [3.05, 3.63) is 64.1 Å². The van der Waals surface area contributed by atoms with Crippen molar-refractivity contribution in [2.24, 2.45) is 0 Å². The number of nitrogens with zero attached hydrogens (tertiary/aromatic N) is 1. The van der Waals surface area contributed by atoms with Gasteiger partial charge >= 0.3 is 0 Å². The highest BCUT2D eigenvalue weighted by Crippen LogP contribution is 2.25. The van der Waals surface area contributed by atoms with Gasteiger partial charge in [0.1, 0.15) is 5.75 Å². The molecule has 5 nitrogen and oxygen atoms in total. The van der Waals surface area contributed by atoms with Gasteiger partial charge in [-0.05, 0) is 39.7 Å². The zero-order valence-electron chi connectivity index (χ0n) is 15.5. The van der Waals surface area contributed by atoms with E-state index in [1.165, 1.54) is 5.56 Å². The normalized spacial score (nSPS) is 16.1. The first kappa shape index (κ1) is 20.0. The number of ketones is 1. The van der Waals surface area contributed by atoms with E-state index in [9.17, 15) is 4.79 Å². The van der Waals surface area contributed by atoms with Crippen LogP contribution in [0.4, 0.5) is 0 Å². The average Bonchev–Trinajstić information content (AvgIpc) is 2.72. The maximum Gasteiger partial charge on any atom is 0.176 e. The van der Waals surface area contributed by atoms with Crippen molar-refractivity contribution >= 4 is 21.7 Å². The second-order valence-corrected chi connectivity index (χ2v) is 7.33. The summed E-state index contributed by atoms with van der Waals surface area (Å²) in [6, 6.07) is 16.1. The van der Waals surface area contributed by atoms with Crippen LogP contribution in [0.15, 0.2) is 53.0 Å². The van der Waals surface area contributed by atoms with E-state index in [0.717, 1.165) is 36.5 Å². The second-order valence-electron chi connectivity index (χ2n) is 6.48. The van der Waals surface area contributed by atoms with E-state index >= 15 is 0 Å². The average molecular weight is 433 g/mol. The van der Waals surface area contributed by atoms with E-state index in [2.05, 4.69) is 50.4 Å². The van der Waals surface area contributed by atoms with Gasteiger partial charge in [-0.25, -0.2) is 0 Å². The molecule has 3 rings (SSSR count). The molecule has 0 aromatic heterocycles. The minimum atomic E-state index is 0.0622. The molecule has 0 saturated carbocycles. The number of Topliss-reactive ketones (excluding diaryl/α,β-unsaturated/α-hetero) is 1. The molecule has 144 valence electrons. The summed E-state index contributed by atoms with van der Waals surface area (Å²) in [7, 11) is 1.61. The Labute approximate surface area is 168 Å². The van der Waals surface area contributed by atoms with E-state index in [1.54, 1.807) is 25.3 Å². The van der Waals surface area contributed by atoms with Crippen LogP contribution < -0.4 is 10.1 Å². The number of benzene rings is 2. The van der Waals surface area contributed by atoms with Gasteiger partial charge in [0.15, 0.2) is 5.78 Å². The Kier molecular flexibility index (Phi) is 7.41. The third-order valence-electron chi connectivity index (χ3n) is 4.77. The monoisotopic (exact) mass is 432 g/mol. The van der Waals surface area contributed by atoms with E-state index < -0.39 is 0 Å². The lowest BCUT2D eigenvalue weighted by Crippen LogP contribution is -2.43.